The highest BCUT2D eigenvalue weighted by Gasteiger charge is 2.19. The number of nitrogens with zero attached hydrogens (tertiary/aromatic N) is 1. The average Bonchev–Trinajstić information content (AvgIpc) is 2.36. The van der Waals surface area contributed by atoms with Gasteiger partial charge in [0, 0.05) is 7.05 Å². The molecule has 17 heavy (non-hydrogen) atoms. The van der Waals surface area contributed by atoms with Crippen LogP contribution in [0.3, 0.4) is 0 Å². The van der Waals surface area contributed by atoms with Crippen LogP contribution in [0, 0.1) is 0 Å². The largest absolute Gasteiger partial charge is 0.283 e. The molecular weight excluding hydrogens is 212 g/mol. The van der Waals surface area contributed by atoms with Crippen LogP contribution >= 0.6 is 0 Å². The van der Waals surface area contributed by atoms with Gasteiger partial charge in [-0.25, -0.2) is 5.84 Å². The lowest BCUT2D eigenvalue weighted by atomic mass is 9.94. The lowest BCUT2D eigenvalue weighted by molar-refractivity contribution is -0.131. The Hall–Kier alpha value is -1.87. The van der Waals surface area contributed by atoms with E-state index in [9.17, 15) is 4.79 Å². The van der Waals surface area contributed by atoms with Crippen molar-refractivity contribution < 1.29 is 4.79 Å². The van der Waals surface area contributed by atoms with Gasteiger partial charge in [0.05, 0.1) is 5.92 Å². The molecule has 2 N–H and O–H groups in total. The Morgan fingerprint density at radius 2 is 1.82 bits per heavy atom. The Kier molecular flexibility index (Phi) is 3.11. The number of amides is 1. The summed E-state index contributed by atoms with van der Waals surface area (Å²) < 4.78 is 0. The van der Waals surface area contributed by atoms with E-state index in [1.54, 1.807) is 7.05 Å². The quantitative estimate of drug-likeness (QED) is 0.487. The molecule has 0 bridgehead atoms. The molecule has 1 amide bonds. The van der Waals surface area contributed by atoms with Gasteiger partial charge in [0.2, 0.25) is 5.91 Å². The van der Waals surface area contributed by atoms with Gasteiger partial charge in [-0.05, 0) is 23.3 Å². The summed E-state index contributed by atoms with van der Waals surface area (Å²) in [6.07, 6.45) is 0. The van der Waals surface area contributed by atoms with Crippen molar-refractivity contribution in [1.29, 1.82) is 0 Å². The molecule has 0 aliphatic carbocycles. The van der Waals surface area contributed by atoms with Crippen LogP contribution in [0.4, 0.5) is 0 Å². The van der Waals surface area contributed by atoms with Crippen LogP contribution in [0.1, 0.15) is 18.4 Å². The lowest BCUT2D eigenvalue weighted by Gasteiger charge is -2.18. The summed E-state index contributed by atoms with van der Waals surface area (Å²) in [6.45, 7) is 1.88. The Morgan fingerprint density at radius 1 is 1.18 bits per heavy atom. The molecule has 0 heterocycles. The molecule has 0 saturated carbocycles. The molecule has 0 radical (unpaired) electrons. The number of likely N-dealkylation sites (N-methyl/N-ethyl adjacent to an activating group) is 1. The fraction of sp³-hybridized carbons (Fsp3) is 0.214. The Bertz CT molecular complexity index is 543. The normalized spacial score (nSPS) is 12.4. The van der Waals surface area contributed by atoms with Gasteiger partial charge in [0.1, 0.15) is 0 Å². The number of nitrogens with two attached hydrogens (primary N) is 1. The Labute approximate surface area is 101 Å². The van der Waals surface area contributed by atoms with Crippen LogP contribution in [0.15, 0.2) is 42.5 Å². The summed E-state index contributed by atoms with van der Waals surface area (Å²) in [6, 6.07) is 14.0. The van der Waals surface area contributed by atoms with E-state index in [0.29, 0.717) is 0 Å². The van der Waals surface area contributed by atoms with E-state index in [1.165, 1.54) is 0 Å². The zero-order valence-electron chi connectivity index (χ0n) is 10.1. The second kappa shape index (κ2) is 4.55. The van der Waals surface area contributed by atoms with Gasteiger partial charge in [0.15, 0.2) is 0 Å². The van der Waals surface area contributed by atoms with Crippen LogP contribution in [0.2, 0.25) is 0 Å². The van der Waals surface area contributed by atoms with Crippen molar-refractivity contribution in [3.63, 3.8) is 0 Å². The number of carbonyl (C=O) groups is 1. The molecule has 2 rings (SSSR count). The summed E-state index contributed by atoms with van der Waals surface area (Å²) in [7, 11) is 1.57. The van der Waals surface area contributed by atoms with Gasteiger partial charge in [0.25, 0.3) is 0 Å². The van der Waals surface area contributed by atoms with E-state index in [2.05, 4.69) is 0 Å². The van der Waals surface area contributed by atoms with Gasteiger partial charge < -0.3 is 0 Å². The maximum absolute atomic E-state index is 11.9. The van der Waals surface area contributed by atoms with Crippen LogP contribution in [-0.4, -0.2) is 18.0 Å². The van der Waals surface area contributed by atoms with Gasteiger partial charge in [-0.2, -0.15) is 0 Å². The van der Waals surface area contributed by atoms with Crippen LogP contribution in [-0.2, 0) is 4.79 Å². The molecule has 0 aliphatic heterocycles. The fourth-order valence-electron chi connectivity index (χ4n) is 2.07. The third-order valence-corrected chi connectivity index (χ3v) is 3.01. The highest BCUT2D eigenvalue weighted by atomic mass is 16.2. The molecule has 0 aromatic heterocycles. The van der Waals surface area contributed by atoms with Crippen molar-refractivity contribution in [2.45, 2.75) is 12.8 Å². The highest BCUT2D eigenvalue weighted by Crippen LogP contribution is 2.26. The van der Waals surface area contributed by atoms with Crippen molar-refractivity contribution in [1.82, 2.24) is 5.01 Å². The fourth-order valence-corrected chi connectivity index (χ4v) is 2.07. The van der Waals surface area contributed by atoms with Gasteiger partial charge in [-0.3, -0.25) is 9.80 Å². The lowest BCUT2D eigenvalue weighted by Crippen LogP contribution is -2.36. The first-order chi connectivity index (χ1) is 8.11. The number of rotatable bonds is 2. The number of hydrogen-bond donors (Lipinski definition) is 1. The first kappa shape index (κ1) is 11.6. The van der Waals surface area contributed by atoms with E-state index < -0.39 is 0 Å². The summed E-state index contributed by atoms with van der Waals surface area (Å²) in [4.78, 5) is 11.9. The number of fused-ring (bicyclic) bond motifs is 1. The van der Waals surface area contributed by atoms with Crippen molar-refractivity contribution in [2.75, 3.05) is 7.05 Å². The van der Waals surface area contributed by atoms with E-state index in [-0.39, 0.29) is 11.8 Å². The molecule has 1 unspecified atom stereocenters. The standard InChI is InChI=1S/C14H16N2O/c1-10(14(17)16(2)15)12-9-5-7-11-6-3-4-8-13(11)12/h3-10H,15H2,1-2H3. The summed E-state index contributed by atoms with van der Waals surface area (Å²) in [5, 5.41) is 3.40. The molecule has 2 aromatic rings. The van der Waals surface area contributed by atoms with E-state index in [4.69, 9.17) is 5.84 Å². The van der Waals surface area contributed by atoms with Crippen molar-refractivity contribution >= 4 is 16.7 Å². The second-order valence-corrected chi connectivity index (χ2v) is 4.24. The number of carbonyl (C=O) groups excluding carboxylic acids is 1. The molecule has 3 heteroatoms. The highest BCUT2D eigenvalue weighted by molar-refractivity contribution is 5.92. The van der Waals surface area contributed by atoms with Crippen molar-refractivity contribution in [3.05, 3.63) is 48.0 Å². The Morgan fingerprint density at radius 3 is 2.53 bits per heavy atom. The van der Waals surface area contributed by atoms with Crippen LogP contribution in [0.5, 0.6) is 0 Å². The van der Waals surface area contributed by atoms with E-state index in [0.717, 1.165) is 21.3 Å². The third kappa shape index (κ3) is 2.15. The van der Waals surface area contributed by atoms with Crippen molar-refractivity contribution in [3.8, 4) is 0 Å². The van der Waals surface area contributed by atoms with Gasteiger partial charge in [-0.1, -0.05) is 42.5 Å². The van der Waals surface area contributed by atoms with E-state index in [1.807, 2.05) is 49.4 Å². The maximum Gasteiger partial charge on any atom is 0.243 e. The topological polar surface area (TPSA) is 46.3 Å². The zero-order chi connectivity index (χ0) is 12.4. The predicted molar refractivity (Wildman–Crippen MR) is 69.3 cm³/mol. The molecule has 0 aliphatic rings. The molecule has 2 aromatic carbocycles. The number of benzene rings is 2. The first-order valence-corrected chi connectivity index (χ1v) is 5.61. The monoisotopic (exact) mass is 228 g/mol. The molecule has 3 nitrogen and oxygen atoms in total. The van der Waals surface area contributed by atoms with Gasteiger partial charge in [-0.15, -0.1) is 0 Å². The Balaban J connectivity index is 2.52. The third-order valence-electron chi connectivity index (χ3n) is 3.01. The summed E-state index contributed by atoms with van der Waals surface area (Å²) in [5.41, 5.74) is 1.02. The van der Waals surface area contributed by atoms with Crippen LogP contribution in [0.25, 0.3) is 10.8 Å². The minimum atomic E-state index is -0.226. The molecule has 88 valence electrons. The summed E-state index contributed by atoms with van der Waals surface area (Å²) in [5.74, 6) is 5.19. The second-order valence-electron chi connectivity index (χ2n) is 4.24. The number of hydrazine groups is 1. The molecule has 0 saturated heterocycles. The predicted octanol–water partition coefficient (Wildman–Crippen LogP) is 2.28. The summed E-state index contributed by atoms with van der Waals surface area (Å²) >= 11 is 0. The first-order valence-electron chi connectivity index (χ1n) is 5.61. The SMILES string of the molecule is CC(C(=O)N(C)N)c1cccc2ccccc12. The molecule has 0 spiro atoms. The molecule has 1 atom stereocenters. The molecular formula is C14H16N2O. The minimum Gasteiger partial charge on any atom is -0.283 e. The average molecular weight is 228 g/mol. The van der Waals surface area contributed by atoms with E-state index >= 15 is 0 Å². The van der Waals surface area contributed by atoms with Gasteiger partial charge >= 0.3 is 0 Å². The van der Waals surface area contributed by atoms with Crippen molar-refractivity contribution in [2.24, 2.45) is 5.84 Å². The van der Waals surface area contributed by atoms with Crippen LogP contribution < -0.4 is 5.84 Å². The smallest absolute Gasteiger partial charge is 0.243 e. The minimum absolute atomic E-state index is 0.0821. The zero-order valence-corrected chi connectivity index (χ0v) is 10.1. The molecule has 0 fully saturated rings. The number of hydrogen-bond acceptors (Lipinski definition) is 2. The maximum atomic E-state index is 11.9.